The first-order valence-electron chi connectivity index (χ1n) is 8.68. The molecule has 1 aliphatic heterocycles. The highest BCUT2D eigenvalue weighted by Gasteiger charge is 2.40. The van der Waals surface area contributed by atoms with Crippen molar-refractivity contribution in [3.63, 3.8) is 0 Å². The molecular formula is C19H29ClN2O. The van der Waals surface area contributed by atoms with Crippen molar-refractivity contribution in [3.05, 3.63) is 35.4 Å². The van der Waals surface area contributed by atoms with Gasteiger partial charge in [-0.15, -0.1) is 12.4 Å². The lowest BCUT2D eigenvalue weighted by molar-refractivity contribution is -0.137. The summed E-state index contributed by atoms with van der Waals surface area (Å²) in [6.45, 7) is 5.90. The molecule has 0 bridgehead atoms. The second-order valence-corrected chi connectivity index (χ2v) is 7.16. The molecule has 2 N–H and O–H groups in total. The van der Waals surface area contributed by atoms with Crippen LogP contribution in [0.2, 0.25) is 0 Å². The van der Waals surface area contributed by atoms with E-state index in [2.05, 4.69) is 43.0 Å². The first-order valence-corrected chi connectivity index (χ1v) is 8.68. The summed E-state index contributed by atoms with van der Waals surface area (Å²) in [6, 6.07) is 8.94. The minimum atomic E-state index is 0. The van der Waals surface area contributed by atoms with E-state index in [9.17, 15) is 4.79 Å². The van der Waals surface area contributed by atoms with Gasteiger partial charge in [-0.25, -0.2) is 0 Å². The number of nitrogens with zero attached hydrogens (tertiary/aromatic N) is 1. The molecule has 1 saturated carbocycles. The molecule has 1 heterocycles. The number of rotatable bonds is 3. The van der Waals surface area contributed by atoms with Gasteiger partial charge in [-0.3, -0.25) is 4.79 Å². The van der Waals surface area contributed by atoms with Crippen molar-refractivity contribution in [2.75, 3.05) is 13.1 Å². The van der Waals surface area contributed by atoms with Crippen LogP contribution in [0.15, 0.2) is 24.3 Å². The molecule has 128 valence electrons. The van der Waals surface area contributed by atoms with Gasteiger partial charge in [0.25, 0.3) is 0 Å². The molecule has 0 spiro atoms. The summed E-state index contributed by atoms with van der Waals surface area (Å²) in [4.78, 5) is 15.1. The summed E-state index contributed by atoms with van der Waals surface area (Å²) in [6.07, 6.45) is 4.38. The van der Waals surface area contributed by atoms with Crippen LogP contribution in [0.25, 0.3) is 0 Å². The molecule has 1 aromatic rings. The molecule has 3 rings (SSSR count). The van der Waals surface area contributed by atoms with Crippen LogP contribution in [0.3, 0.4) is 0 Å². The number of hydrogen-bond acceptors (Lipinski definition) is 2. The Balaban J connectivity index is 0.00000192. The van der Waals surface area contributed by atoms with E-state index in [1.54, 1.807) is 0 Å². The molecule has 4 heteroatoms. The Morgan fingerprint density at radius 1 is 1.30 bits per heavy atom. The number of aryl methyl sites for hydroxylation is 1. The van der Waals surface area contributed by atoms with Crippen LogP contribution in [0.4, 0.5) is 0 Å². The average molecular weight is 337 g/mol. The lowest BCUT2D eigenvalue weighted by Gasteiger charge is -2.27. The fraction of sp³-hybridized carbons (Fsp3) is 0.632. The van der Waals surface area contributed by atoms with E-state index in [0.29, 0.717) is 30.3 Å². The van der Waals surface area contributed by atoms with Crippen LogP contribution in [0.5, 0.6) is 0 Å². The van der Waals surface area contributed by atoms with E-state index in [-0.39, 0.29) is 18.3 Å². The first-order chi connectivity index (χ1) is 10.6. The van der Waals surface area contributed by atoms with E-state index < -0.39 is 0 Å². The van der Waals surface area contributed by atoms with Gasteiger partial charge in [0.1, 0.15) is 0 Å². The average Bonchev–Trinajstić information content (AvgIpc) is 3.13. The summed E-state index contributed by atoms with van der Waals surface area (Å²) >= 11 is 0. The second-order valence-electron chi connectivity index (χ2n) is 7.16. The molecule has 2 fully saturated rings. The van der Waals surface area contributed by atoms with Gasteiger partial charge < -0.3 is 10.6 Å². The largest absolute Gasteiger partial charge is 0.339 e. The number of benzene rings is 1. The Morgan fingerprint density at radius 2 is 2.04 bits per heavy atom. The van der Waals surface area contributed by atoms with E-state index >= 15 is 0 Å². The lowest BCUT2D eigenvalue weighted by Crippen LogP contribution is -2.41. The van der Waals surface area contributed by atoms with Crippen LogP contribution in [0, 0.1) is 18.8 Å². The molecule has 23 heavy (non-hydrogen) atoms. The second kappa shape index (κ2) is 7.67. The van der Waals surface area contributed by atoms with Crippen molar-refractivity contribution in [1.82, 2.24) is 4.90 Å². The van der Waals surface area contributed by atoms with Crippen LogP contribution in [-0.4, -0.2) is 29.9 Å². The number of carbonyl (C=O) groups is 1. The maximum Gasteiger partial charge on any atom is 0.226 e. The summed E-state index contributed by atoms with van der Waals surface area (Å²) in [5.41, 5.74) is 8.61. The van der Waals surface area contributed by atoms with Crippen molar-refractivity contribution in [1.29, 1.82) is 0 Å². The van der Waals surface area contributed by atoms with Crippen molar-refractivity contribution in [2.45, 2.75) is 51.5 Å². The number of hydrogen-bond donors (Lipinski definition) is 1. The van der Waals surface area contributed by atoms with Crippen molar-refractivity contribution in [2.24, 2.45) is 17.6 Å². The van der Waals surface area contributed by atoms with Gasteiger partial charge in [-0.1, -0.05) is 30.7 Å². The third-order valence-electron chi connectivity index (χ3n) is 5.77. The Kier molecular flexibility index (Phi) is 6.10. The fourth-order valence-electron chi connectivity index (χ4n) is 4.47. The van der Waals surface area contributed by atoms with Crippen LogP contribution >= 0.6 is 12.4 Å². The molecule has 1 aliphatic carbocycles. The predicted octanol–water partition coefficient (Wildman–Crippen LogP) is 3.50. The zero-order chi connectivity index (χ0) is 15.7. The molecule has 2 unspecified atom stereocenters. The Bertz CT molecular complexity index is 548. The quantitative estimate of drug-likeness (QED) is 0.918. The van der Waals surface area contributed by atoms with Crippen molar-refractivity contribution in [3.8, 4) is 0 Å². The SMILES string of the molecule is Cc1ccccc1C1CC(C)N(C(=O)[C@@H]2CCC[C@@H]2CN)C1.Cl. The Labute approximate surface area is 146 Å². The summed E-state index contributed by atoms with van der Waals surface area (Å²) in [5.74, 6) is 1.41. The maximum absolute atomic E-state index is 13.0. The van der Waals surface area contributed by atoms with E-state index in [1.165, 1.54) is 11.1 Å². The van der Waals surface area contributed by atoms with Crippen molar-refractivity contribution >= 4 is 18.3 Å². The van der Waals surface area contributed by atoms with Crippen LogP contribution < -0.4 is 5.73 Å². The van der Waals surface area contributed by atoms with Crippen LogP contribution in [-0.2, 0) is 4.79 Å². The number of amides is 1. The highest BCUT2D eigenvalue weighted by Crippen LogP contribution is 2.38. The van der Waals surface area contributed by atoms with E-state index in [0.717, 1.165) is 32.2 Å². The van der Waals surface area contributed by atoms with E-state index in [1.807, 2.05) is 0 Å². The molecule has 3 nitrogen and oxygen atoms in total. The number of nitrogens with two attached hydrogens (primary N) is 1. The number of carbonyl (C=O) groups excluding carboxylic acids is 1. The van der Waals surface area contributed by atoms with Gasteiger partial charge in [0.05, 0.1) is 0 Å². The predicted molar refractivity (Wildman–Crippen MR) is 96.8 cm³/mol. The maximum atomic E-state index is 13.0. The van der Waals surface area contributed by atoms with E-state index in [4.69, 9.17) is 5.73 Å². The molecule has 0 aromatic heterocycles. The van der Waals surface area contributed by atoms with Gasteiger partial charge in [0, 0.05) is 24.4 Å². The Hall–Kier alpha value is -1.06. The Morgan fingerprint density at radius 3 is 2.74 bits per heavy atom. The summed E-state index contributed by atoms with van der Waals surface area (Å²) in [7, 11) is 0. The molecular weight excluding hydrogens is 308 g/mol. The first kappa shape index (κ1) is 18.3. The normalized spacial score (nSPS) is 30.3. The highest BCUT2D eigenvalue weighted by atomic mass is 35.5. The minimum absolute atomic E-state index is 0. The standard InChI is InChI=1S/C19H28N2O.ClH/c1-13-6-3-4-8-17(13)16-10-14(2)21(12-16)19(22)18-9-5-7-15(18)11-20;/h3-4,6,8,14-16,18H,5,7,9-12,20H2,1-2H3;1H/t14?,15-,16?,18-;/m1./s1. The van der Waals surface area contributed by atoms with Crippen LogP contribution in [0.1, 0.15) is 49.7 Å². The third-order valence-corrected chi connectivity index (χ3v) is 5.77. The highest BCUT2D eigenvalue weighted by molar-refractivity contribution is 5.85. The number of halogens is 1. The molecule has 1 amide bonds. The zero-order valence-corrected chi connectivity index (χ0v) is 15.0. The van der Waals surface area contributed by atoms with Gasteiger partial charge in [-0.2, -0.15) is 0 Å². The van der Waals surface area contributed by atoms with Crippen molar-refractivity contribution < 1.29 is 4.79 Å². The molecule has 1 saturated heterocycles. The number of likely N-dealkylation sites (tertiary alicyclic amines) is 1. The molecule has 4 atom stereocenters. The van der Waals surface area contributed by atoms with Gasteiger partial charge in [0.15, 0.2) is 0 Å². The molecule has 2 aliphatic rings. The smallest absolute Gasteiger partial charge is 0.226 e. The monoisotopic (exact) mass is 336 g/mol. The summed E-state index contributed by atoms with van der Waals surface area (Å²) < 4.78 is 0. The lowest BCUT2D eigenvalue weighted by atomic mass is 9.93. The minimum Gasteiger partial charge on any atom is -0.339 e. The van der Waals surface area contributed by atoms with Gasteiger partial charge in [-0.05, 0) is 56.7 Å². The third kappa shape index (κ3) is 3.56. The molecule has 1 aromatic carbocycles. The topological polar surface area (TPSA) is 46.3 Å². The fourth-order valence-corrected chi connectivity index (χ4v) is 4.47. The van der Waals surface area contributed by atoms with Gasteiger partial charge in [0.2, 0.25) is 5.91 Å². The summed E-state index contributed by atoms with van der Waals surface area (Å²) in [5, 5.41) is 0. The zero-order valence-electron chi connectivity index (χ0n) is 14.2. The van der Waals surface area contributed by atoms with Gasteiger partial charge >= 0.3 is 0 Å². The molecule has 0 radical (unpaired) electrons.